The molecule has 1 unspecified atom stereocenters. The molecule has 2 aromatic rings. The van der Waals surface area contributed by atoms with Crippen LogP contribution in [0.15, 0.2) is 42.0 Å². The van der Waals surface area contributed by atoms with Gasteiger partial charge >= 0.3 is 0 Å². The van der Waals surface area contributed by atoms with E-state index in [2.05, 4.69) is 71.0 Å². The maximum absolute atomic E-state index is 2.58. The Hall–Kier alpha value is -1.82. The molecule has 0 aliphatic heterocycles. The molecule has 2 aliphatic carbocycles. The van der Waals surface area contributed by atoms with Crippen LogP contribution in [-0.4, -0.2) is 0 Å². The molecule has 0 fully saturated rings. The van der Waals surface area contributed by atoms with Crippen LogP contribution in [0.4, 0.5) is 0 Å². The Balaban J connectivity index is 1.33. The van der Waals surface area contributed by atoms with Gasteiger partial charge in [-0.2, -0.15) is 0 Å². The monoisotopic (exact) mass is 386 g/mol. The van der Waals surface area contributed by atoms with Crippen molar-refractivity contribution in [3.8, 4) is 0 Å². The molecule has 29 heavy (non-hydrogen) atoms. The van der Waals surface area contributed by atoms with Gasteiger partial charge in [0.1, 0.15) is 0 Å². The molecule has 0 aromatic heterocycles. The standard InChI is InChI=1S/C29H38/c1-20-11-12-25(21(2)14-20)9-6-8-23-16-24(17-23)18-27-19-28-26(15-22(27)3)10-7-13-29(28,4)5/h11-12,14-16,19,23H,6-10,13,17-18H2,1-5H3. The molecule has 4 rings (SSSR count). The van der Waals surface area contributed by atoms with Crippen LogP contribution < -0.4 is 0 Å². The summed E-state index contributed by atoms with van der Waals surface area (Å²) in [5, 5.41) is 0. The summed E-state index contributed by atoms with van der Waals surface area (Å²) in [4.78, 5) is 0. The van der Waals surface area contributed by atoms with E-state index in [1.165, 1.54) is 73.6 Å². The highest BCUT2D eigenvalue weighted by Crippen LogP contribution is 2.39. The van der Waals surface area contributed by atoms with Crippen molar-refractivity contribution < 1.29 is 0 Å². The third-order valence-electron chi connectivity index (χ3n) is 7.47. The molecule has 0 heteroatoms. The van der Waals surface area contributed by atoms with E-state index in [4.69, 9.17) is 0 Å². The largest absolute Gasteiger partial charge is 0.0815 e. The molecule has 0 nitrogen and oxygen atoms in total. The Kier molecular flexibility index (Phi) is 5.74. The van der Waals surface area contributed by atoms with Crippen molar-refractivity contribution in [3.05, 3.63) is 80.9 Å². The molecule has 0 saturated heterocycles. The van der Waals surface area contributed by atoms with Crippen LogP contribution >= 0.6 is 0 Å². The lowest BCUT2D eigenvalue weighted by Crippen LogP contribution is -2.24. The van der Waals surface area contributed by atoms with Gasteiger partial charge in [-0.05, 0) is 117 Å². The van der Waals surface area contributed by atoms with Gasteiger partial charge in [-0.3, -0.25) is 0 Å². The Bertz CT molecular complexity index is 925. The fourth-order valence-electron chi connectivity index (χ4n) is 5.57. The number of benzene rings is 2. The van der Waals surface area contributed by atoms with Crippen LogP contribution in [0, 0.1) is 26.7 Å². The summed E-state index contributed by atoms with van der Waals surface area (Å²) in [5.74, 6) is 0.810. The molecule has 0 heterocycles. The molecule has 0 radical (unpaired) electrons. The number of fused-ring (bicyclic) bond motifs is 1. The van der Waals surface area contributed by atoms with E-state index in [1.54, 1.807) is 22.3 Å². The van der Waals surface area contributed by atoms with Gasteiger partial charge in [0.25, 0.3) is 0 Å². The molecular weight excluding hydrogens is 348 g/mol. The van der Waals surface area contributed by atoms with Gasteiger partial charge in [0, 0.05) is 0 Å². The molecular formula is C29H38. The first-order chi connectivity index (χ1) is 13.8. The van der Waals surface area contributed by atoms with Gasteiger partial charge in [-0.15, -0.1) is 0 Å². The maximum Gasteiger partial charge on any atom is -0.00641 e. The summed E-state index contributed by atoms with van der Waals surface area (Å²) < 4.78 is 0. The molecule has 1 atom stereocenters. The number of hydrogen-bond donors (Lipinski definition) is 0. The highest BCUT2D eigenvalue weighted by molar-refractivity contribution is 5.45. The second-order valence-corrected chi connectivity index (χ2v) is 10.5. The fourth-order valence-corrected chi connectivity index (χ4v) is 5.57. The van der Waals surface area contributed by atoms with Crippen LogP contribution in [0.3, 0.4) is 0 Å². The van der Waals surface area contributed by atoms with E-state index in [0.717, 1.165) is 5.92 Å². The lowest BCUT2D eigenvalue weighted by atomic mass is 9.71. The van der Waals surface area contributed by atoms with Crippen molar-refractivity contribution in [2.45, 2.75) is 91.4 Å². The number of aryl methyl sites for hydroxylation is 5. The van der Waals surface area contributed by atoms with E-state index in [1.807, 2.05) is 0 Å². The van der Waals surface area contributed by atoms with E-state index in [-0.39, 0.29) is 0 Å². The summed E-state index contributed by atoms with van der Waals surface area (Å²) in [5.41, 5.74) is 12.7. The summed E-state index contributed by atoms with van der Waals surface area (Å²) >= 11 is 0. The Morgan fingerprint density at radius 3 is 2.48 bits per heavy atom. The minimum absolute atomic E-state index is 0.348. The quantitative estimate of drug-likeness (QED) is 0.445. The second kappa shape index (κ2) is 8.13. The van der Waals surface area contributed by atoms with Crippen molar-refractivity contribution in [1.29, 1.82) is 0 Å². The zero-order chi connectivity index (χ0) is 20.6. The van der Waals surface area contributed by atoms with Gasteiger partial charge < -0.3 is 0 Å². The average Bonchev–Trinajstić information content (AvgIpc) is 2.61. The van der Waals surface area contributed by atoms with Crippen LogP contribution in [0.2, 0.25) is 0 Å². The first-order valence-electron chi connectivity index (χ1n) is 11.7. The van der Waals surface area contributed by atoms with Gasteiger partial charge in [-0.25, -0.2) is 0 Å². The fraction of sp³-hybridized carbons (Fsp3) is 0.517. The van der Waals surface area contributed by atoms with Crippen molar-refractivity contribution in [3.63, 3.8) is 0 Å². The first kappa shape index (κ1) is 20.5. The van der Waals surface area contributed by atoms with Gasteiger partial charge in [0.05, 0.1) is 0 Å². The van der Waals surface area contributed by atoms with Crippen molar-refractivity contribution in [1.82, 2.24) is 0 Å². The zero-order valence-corrected chi connectivity index (χ0v) is 19.2. The Labute approximate surface area is 178 Å². The van der Waals surface area contributed by atoms with E-state index < -0.39 is 0 Å². The molecule has 0 bridgehead atoms. The zero-order valence-electron chi connectivity index (χ0n) is 19.2. The van der Waals surface area contributed by atoms with Gasteiger partial charge in [-0.1, -0.05) is 61.4 Å². The number of rotatable bonds is 6. The van der Waals surface area contributed by atoms with Crippen LogP contribution in [0.25, 0.3) is 0 Å². The molecule has 2 aliphatic rings. The van der Waals surface area contributed by atoms with Gasteiger partial charge in [0.2, 0.25) is 0 Å². The van der Waals surface area contributed by atoms with E-state index >= 15 is 0 Å². The van der Waals surface area contributed by atoms with Crippen LogP contribution in [0.1, 0.15) is 84.9 Å². The summed E-state index contributed by atoms with van der Waals surface area (Å²) in [6.45, 7) is 11.6. The van der Waals surface area contributed by atoms with Crippen molar-refractivity contribution in [2.24, 2.45) is 5.92 Å². The molecule has 0 saturated carbocycles. The lowest BCUT2D eigenvalue weighted by Gasteiger charge is -2.34. The Morgan fingerprint density at radius 2 is 1.72 bits per heavy atom. The number of allylic oxidation sites excluding steroid dienone is 2. The smallest absolute Gasteiger partial charge is 0.00641 e. The molecule has 154 valence electrons. The predicted molar refractivity (Wildman–Crippen MR) is 126 cm³/mol. The third-order valence-corrected chi connectivity index (χ3v) is 7.47. The van der Waals surface area contributed by atoms with Gasteiger partial charge in [0.15, 0.2) is 0 Å². The first-order valence-corrected chi connectivity index (χ1v) is 11.7. The van der Waals surface area contributed by atoms with E-state index in [0.29, 0.717) is 5.41 Å². The van der Waals surface area contributed by atoms with E-state index in [9.17, 15) is 0 Å². The minimum atomic E-state index is 0.348. The lowest BCUT2D eigenvalue weighted by molar-refractivity contribution is 0.431. The molecule has 0 N–H and O–H groups in total. The highest BCUT2D eigenvalue weighted by atomic mass is 14.3. The van der Waals surface area contributed by atoms with Crippen molar-refractivity contribution in [2.75, 3.05) is 0 Å². The predicted octanol–water partition coefficient (Wildman–Crippen LogP) is 7.74. The minimum Gasteiger partial charge on any atom is -0.0815 e. The third kappa shape index (κ3) is 4.52. The van der Waals surface area contributed by atoms with Crippen LogP contribution in [-0.2, 0) is 24.7 Å². The summed E-state index contributed by atoms with van der Waals surface area (Å²) in [6, 6.07) is 11.9. The highest BCUT2D eigenvalue weighted by Gasteiger charge is 2.28. The SMILES string of the molecule is Cc1ccc(CCCC2C=C(Cc3cc4c(cc3C)CCCC4(C)C)C2)c(C)c1. The van der Waals surface area contributed by atoms with Crippen LogP contribution in [0.5, 0.6) is 0 Å². The normalized spacial score (nSPS) is 20.0. The van der Waals surface area contributed by atoms with Crippen molar-refractivity contribution >= 4 is 0 Å². The summed E-state index contributed by atoms with van der Waals surface area (Å²) in [7, 11) is 0. The molecule has 2 aromatic carbocycles. The molecule has 0 amide bonds. The topological polar surface area (TPSA) is 0 Å². The maximum atomic E-state index is 2.58. The second-order valence-electron chi connectivity index (χ2n) is 10.5. The molecule has 0 spiro atoms. The summed E-state index contributed by atoms with van der Waals surface area (Å²) in [6.07, 6.45) is 12.9. The average molecular weight is 387 g/mol. The number of hydrogen-bond acceptors (Lipinski definition) is 0. The Morgan fingerprint density at radius 1 is 0.966 bits per heavy atom.